The molecule has 0 saturated heterocycles. The van der Waals surface area contributed by atoms with Gasteiger partial charge in [0.15, 0.2) is 0 Å². The first-order chi connectivity index (χ1) is 5.13. The Morgan fingerprint density at radius 2 is 1.45 bits per heavy atom. The van der Waals surface area contributed by atoms with E-state index in [0.717, 1.165) is 12.8 Å². The fraction of sp³-hybridized carbons (Fsp3) is 1.00. The molecular formula is C9H20O2. The molecule has 0 unspecified atom stereocenters. The second-order valence-electron chi connectivity index (χ2n) is 3.39. The molecule has 0 aliphatic heterocycles. The summed E-state index contributed by atoms with van der Waals surface area (Å²) in [6.45, 7) is 3.44. The van der Waals surface area contributed by atoms with Crippen molar-refractivity contribution >= 4 is 0 Å². The van der Waals surface area contributed by atoms with E-state index in [2.05, 4.69) is 0 Å². The van der Waals surface area contributed by atoms with Crippen LogP contribution in [0, 0.1) is 0 Å². The van der Waals surface area contributed by atoms with Crippen LogP contribution in [0.4, 0.5) is 0 Å². The van der Waals surface area contributed by atoms with Crippen LogP contribution in [0.25, 0.3) is 0 Å². The van der Waals surface area contributed by atoms with Gasteiger partial charge in [-0.3, -0.25) is 0 Å². The standard InChI is InChI=1S/C6H12O.C3H8O/c7-6-4-2-1-3-5-6;1-3(2)4/h6-7H,1-5H2;3-4H,1-2H3. The molecule has 0 heterocycles. The third-order valence-corrected chi connectivity index (χ3v) is 1.57. The molecule has 0 aromatic carbocycles. The SMILES string of the molecule is CC(C)O.OC1CCCCC1. The molecule has 0 bridgehead atoms. The molecule has 0 aromatic heterocycles. The number of hydrogen-bond acceptors (Lipinski definition) is 2. The predicted octanol–water partition coefficient (Wildman–Crippen LogP) is 1.70. The molecule has 68 valence electrons. The fourth-order valence-electron chi connectivity index (χ4n) is 1.08. The van der Waals surface area contributed by atoms with Crippen molar-refractivity contribution in [3.63, 3.8) is 0 Å². The Morgan fingerprint density at radius 3 is 1.64 bits per heavy atom. The van der Waals surface area contributed by atoms with E-state index in [9.17, 15) is 0 Å². The average molecular weight is 160 g/mol. The van der Waals surface area contributed by atoms with Gasteiger partial charge in [-0.2, -0.15) is 0 Å². The van der Waals surface area contributed by atoms with Crippen molar-refractivity contribution in [2.45, 2.75) is 58.2 Å². The van der Waals surface area contributed by atoms with Crippen molar-refractivity contribution < 1.29 is 10.2 Å². The van der Waals surface area contributed by atoms with Gasteiger partial charge in [-0.1, -0.05) is 19.3 Å². The number of rotatable bonds is 0. The van der Waals surface area contributed by atoms with Crippen molar-refractivity contribution in [2.24, 2.45) is 0 Å². The highest BCUT2D eigenvalue weighted by molar-refractivity contribution is 4.61. The lowest BCUT2D eigenvalue weighted by molar-refractivity contribution is 0.130. The Labute approximate surface area is 69.2 Å². The van der Waals surface area contributed by atoms with Crippen molar-refractivity contribution in [3.05, 3.63) is 0 Å². The van der Waals surface area contributed by atoms with Gasteiger partial charge < -0.3 is 10.2 Å². The van der Waals surface area contributed by atoms with Gasteiger partial charge in [0.1, 0.15) is 0 Å². The molecule has 0 amide bonds. The maximum atomic E-state index is 8.91. The molecule has 2 heteroatoms. The molecule has 0 radical (unpaired) electrons. The summed E-state index contributed by atoms with van der Waals surface area (Å²) >= 11 is 0. The molecule has 1 saturated carbocycles. The first kappa shape index (κ1) is 10.9. The third kappa shape index (κ3) is 9.92. The minimum Gasteiger partial charge on any atom is -0.394 e. The van der Waals surface area contributed by atoms with Crippen molar-refractivity contribution in [1.29, 1.82) is 0 Å². The van der Waals surface area contributed by atoms with Gasteiger partial charge in [0.05, 0.1) is 6.10 Å². The van der Waals surface area contributed by atoms with Gasteiger partial charge in [-0.25, -0.2) is 0 Å². The highest BCUT2D eigenvalue weighted by atomic mass is 16.3. The Bertz CT molecular complexity index is 72.9. The van der Waals surface area contributed by atoms with Gasteiger partial charge in [0.2, 0.25) is 0 Å². The normalized spacial score (nSPS) is 19.4. The van der Waals surface area contributed by atoms with E-state index in [1.807, 2.05) is 0 Å². The molecule has 0 aromatic rings. The van der Waals surface area contributed by atoms with Crippen LogP contribution in [0.3, 0.4) is 0 Å². The lowest BCUT2D eigenvalue weighted by Crippen LogP contribution is -2.09. The molecule has 0 spiro atoms. The molecule has 1 aliphatic carbocycles. The lowest BCUT2D eigenvalue weighted by atomic mass is 9.98. The summed E-state index contributed by atoms with van der Waals surface area (Å²) in [7, 11) is 0. The highest BCUT2D eigenvalue weighted by Crippen LogP contribution is 2.16. The monoisotopic (exact) mass is 160 g/mol. The largest absolute Gasteiger partial charge is 0.394 e. The summed E-state index contributed by atoms with van der Waals surface area (Å²) in [5.41, 5.74) is 0. The van der Waals surface area contributed by atoms with E-state index in [1.54, 1.807) is 13.8 Å². The second-order valence-corrected chi connectivity index (χ2v) is 3.39. The van der Waals surface area contributed by atoms with E-state index >= 15 is 0 Å². The predicted molar refractivity (Wildman–Crippen MR) is 46.4 cm³/mol. The van der Waals surface area contributed by atoms with Gasteiger partial charge in [0.25, 0.3) is 0 Å². The van der Waals surface area contributed by atoms with E-state index in [1.165, 1.54) is 19.3 Å². The summed E-state index contributed by atoms with van der Waals surface area (Å²) in [6.07, 6.45) is 5.76. The summed E-state index contributed by atoms with van der Waals surface area (Å²) in [4.78, 5) is 0. The average Bonchev–Trinajstić information content (AvgIpc) is 1.87. The maximum Gasteiger partial charge on any atom is 0.0540 e. The molecule has 11 heavy (non-hydrogen) atoms. The van der Waals surface area contributed by atoms with Crippen LogP contribution in [0.1, 0.15) is 46.0 Å². The van der Waals surface area contributed by atoms with Crippen LogP contribution in [-0.4, -0.2) is 22.4 Å². The van der Waals surface area contributed by atoms with E-state index < -0.39 is 0 Å². The van der Waals surface area contributed by atoms with Crippen LogP contribution in [-0.2, 0) is 0 Å². The van der Waals surface area contributed by atoms with Crippen molar-refractivity contribution in [3.8, 4) is 0 Å². The fourth-order valence-corrected chi connectivity index (χ4v) is 1.08. The number of aliphatic hydroxyl groups excluding tert-OH is 2. The molecule has 2 nitrogen and oxygen atoms in total. The number of aliphatic hydroxyl groups is 2. The molecule has 0 atom stereocenters. The first-order valence-electron chi connectivity index (χ1n) is 4.49. The van der Waals surface area contributed by atoms with Gasteiger partial charge >= 0.3 is 0 Å². The maximum absolute atomic E-state index is 8.91. The summed E-state index contributed by atoms with van der Waals surface area (Å²) in [5.74, 6) is 0. The zero-order chi connectivity index (χ0) is 8.69. The lowest BCUT2D eigenvalue weighted by Gasteiger charge is -2.14. The second kappa shape index (κ2) is 6.62. The Hall–Kier alpha value is -0.0800. The minimum atomic E-state index is -0.167. The van der Waals surface area contributed by atoms with Gasteiger partial charge in [0, 0.05) is 6.10 Å². The highest BCUT2D eigenvalue weighted by Gasteiger charge is 2.07. The van der Waals surface area contributed by atoms with Crippen LogP contribution in [0.2, 0.25) is 0 Å². The smallest absolute Gasteiger partial charge is 0.0540 e. The molecule has 1 fully saturated rings. The van der Waals surface area contributed by atoms with Gasteiger partial charge in [-0.15, -0.1) is 0 Å². The Morgan fingerprint density at radius 1 is 1.09 bits per heavy atom. The summed E-state index contributed by atoms with van der Waals surface area (Å²) in [6, 6.07) is 0. The van der Waals surface area contributed by atoms with Crippen LogP contribution >= 0.6 is 0 Å². The first-order valence-corrected chi connectivity index (χ1v) is 4.49. The van der Waals surface area contributed by atoms with Crippen LogP contribution in [0.5, 0.6) is 0 Å². The molecule has 1 aliphatic rings. The summed E-state index contributed by atoms with van der Waals surface area (Å²) in [5, 5.41) is 17.0. The quantitative estimate of drug-likeness (QED) is 0.566. The Kier molecular flexibility index (Phi) is 6.57. The summed E-state index contributed by atoms with van der Waals surface area (Å²) < 4.78 is 0. The number of hydrogen-bond donors (Lipinski definition) is 2. The molecule has 1 rings (SSSR count). The van der Waals surface area contributed by atoms with Crippen molar-refractivity contribution in [1.82, 2.24) is 0 Å². The topological polar surface area (TPSA) is 40.5 Å². The zero-order valence-corrected chi connectivity index (χ0v) is 7.58. The zero-order valence-electron chi connectivity index (χ0n) is 7.58. The molecule has 2 N–H and O–H groups in total. The van der Waals surface area contributed by atoms with Crippen molar-refractivity contribution in [2.75, 3.05) is 0 Å². The van der Waals surface area contributed by atoms with Crippen LogP contribution in [0.15, 0.2) is 0 Å². The molecular weight excluding hydrogens is 140 g/mol. The Balaban J connectivity index is 0.000000218. The van der Waals surface area contributed by atoms with Crippen LogP contribution < -0.4 is 0 Å². The van der Waals surface area contributed by atoms with E-state index in [-0.39, 0.29) is 12.2 Å². The van der Waals surface area contributed by atoms with E-state index in [0.29, 0.717) is 0 Å². The van der Waals surface area contributed by atoms with E-state index in [4.69, 9.17) is 10.2 Å². The third-order valence-electron chi connectivity index (χ3n) is 1.57. The minimum absolute atomic E-state index is 0.0359. The van der Waals surface area contributed by atoms with Gasteiger partial charge in [-0.05, 0) is 26.7 Å².